The second-order valence-electron chi connectivity index (χ2n) is 11.6. The fourth-order valence-corrected chi connectivity index (χ4v) is 6.58. The summed E-state index contributed by atoms with van der Waals surface area (Å²) in [4.78, 5) is 14.1. The summed E-state index contributed by atoms with van der Waals surface area (Å²) in [6.07, 6.45) is 13.9. The van der Waals surface area contributed by atoms with Gasteiger partial charge in [0, 0.05) is 29.8 Å². The minimum atomic E-state index is -0.0169. The molecule has 0 saturated heterocycles. The first-order chi connectivity index (χ1) is 20.4. The van der Waals surface area contributed by atoms with Crippen molar-refractivity contribution >= 4 is 23.9 Å². The van der Waals surface area contributed by atoms with Crippen LogP contribution in [0.15, 0.2) is 61.7 Å². The molecule has 2 aromatic carbocycles. The van der Waals surface area contributed by atoms with E-state index in [4.69, 9.17) is 9.88 Å². The van der Waals surface area contributed by atoms with Gasteiger partial charge in [0.05, 0.1) is 12.3 Å². The molecule has 6 heteroatoms. The molecule has 1 aliphatic carbocycles. The zero-order valence-electron chi connectivity index (χ0n) is 26.6. The second-order valence-corrected chi connectivity index (χ2v) is 12.3. The molecule has 5 nitrogen and oxygen atoms in total. The number of hydrogen-bond acceptors (Lipinski definition) is 6. The van der Waals surface area contributed by atoms with Gasteiger partial charge >= 0.3 is 0 Å². The van der Waals surface area contributed by atoms with E-state index >= 15 is 0 Å². The fraction of sp³-hybridized carbons (Fsp3) is 0.528. The number of rotatable bonds is 12. The van der Waals surface area contributed by atoms with E-state index in [0.29, 0.717) is 24.0 Å². The number of nitrogens with two attached hydrogens (primary N) is 2. The largest absolute Gasteiger partial charge is 0.490 e. The van der Waals surface area contributed by atoms with Crippen LogP contribution < -0.4 is 20.5 Å². The van der Waals surface area contributed by atoms with Crippen LogP contribution in [0.5, 0.6) is 5.75 Å². The van der Waals surface area contributed by atoms with Gasteiger partial charge in [-0.15, -0.1) is 13.2 Å². The Hall–Kier alpha value is -2.54. The number of aldehydes is 1. The van der Waals surface area contributed by atoms with E-state index < -0.39 is 0 Å². The Labute approximate surface area is 260 Å². The number of fused-ring (bicyclic) bond motifs is 3. The zero-order chi connectivity index (χ0) is 31.0. The molecular weight excluding hydrogens is 538 g/mol. The van der Waals surface area contributed by atoms with Crippen molar-refractivity contribution < 1.29 is 9.53 Å². The molecule has 4 N–H and O–H groups in total. The van der Waals surface area contributed by atoms with E-state index in [1.165, 1.54) is 42.1 Å². The molecule has 2 aromatic rings. The number of allylic oxidation sites excluding steroid dienone is 2. The van der Waals surface area contributed by atoms with E-state index in [1.807, 2.05) is 30.4 Å². The van der Waals surface area contributed by atoms with Crippen LogP contribution in [0.1, 0.15) is 86.3 Å². The lowest BCUT2D eigenvalue weighted by atomic mass is 9.69. The summed E-state index contributed by atoms with van der Waals surface area (Å²) in [5.74, 6) is 3.21. The Morgan fingerprint density at radius 1 is 1.14 bits per heavy atom. The van der Waals surface area contributed by atoms with Gasteiger partial charge in [0.2, 0.25) is 0 Å². The summed E-state index contributed by atoms with van der Waals surface area (Å²) >= 11 is 1.40. The fourth-order valence-electron chi connectivity index (χ4n) is 6.12. The highest BCUT2D eigenvalue weighted by molar-refractivity contribution is 7.97. The predicted octanol–water partition coefficient (Wildman–Crippen LogP) is 7.91. The molecule has 0 unspecified atom stereocenters. The van der Waals surface area contributed by atoms with Crippen molar-refractivity contribution in [3.63, 3.8) is 0 Å². The zero-order valence-corrected chi connectivity index (χ0v) is 27.4. The number of aryl methyl sites for hydroxylation is 2. The van der Waals surface area contributed by atoms with Crippen LogP contribution in [-0.2, 0) is 18.3 Å². The van der Waals surface area contributed by atoms with Gasteiger partial charge in [0.1, 0.15) is 12.0 Å². The molecule has 1 heterocycles. The molecule has 3 atom stereocenters. The van der Waals surface area contributed by atoms with E-state index in [9.17, 15) is 4.79 Å². The van der Waals surface area contributed by atoms with Crippen LogP contribution in [-0.4, -0.2) is 38.8 Å². The highest BCUT2D eigenvalue weighted by Gasteiger charge is 2.42. The monoisotopic (exact) mass is 593 g/mol. The second kappa shape index (κ2) is 18.9. The third-order valence-electron chi connectivity index (χ3n) is 8.49. The van der Waals surface area contributed by atoms with Gasteiger partial charge in [0.15, 0.2) is 0 Å². The molecule has 0 saturated carbocycles. The SMILES string of the molecule is C=CCC[C@@H](CC)CN1C[C@@]2(CCCc3cc(CC)ccc32)COc2ccc(C=O)cc21.C=CC[C@H](C)CSN.CN. The van der Waals surface area contributed by atoms with E-state index in [1.54, 1.807) is 0 Å². The normalized spacial score (nSPS) is 18.4. The van der Waals surface area contributed by atoms with Gasteiger partial charge in [-0.05, 0) is 98.7 Å². The number of nitrogens with zero attached hydrogens (tertiary/aromatic N) is 1. The van der Waals surface area contributed by atoms with Crippen molar-refractivity contribution in [2.75, 3.05) is 37.4 Å². The van der Waals surface area contributed by atoms with Crippen LogP contribution in [0, 0.1) is 11.8 Å². The van der Waals surface area contributed by atoms with E-state index in [2.05, 4.69) is 62.8 Å². The molecular formula is C36H55N3O2S. The predicted molar refractivity (Wildman–Crippen MR) is 184 cm³/mol. The molecule has 0 aromatic heterocycles. The standard InChI is InChI=1S/C29H37NO2.C6H13NS.CH5N/c1-4-7-9-23(6-3)18-30-20-29(21-32-28-14-12-24(19-31)17-27(28)30)15-8-10-25-16-22(5-2)11-13-26(25)29;1-3-4-6(2)5-8-7;1-2/h4,11-14,16-17,19,23H,1,5-10,15,18,20-21H2,2-3H3;3,6H,1,4-5,7H2,2H3;2H2,1H3/t23-,29+;6-;/m10./s1. The number of carbonyl (C=O) groups excluding carboxylic acids is 1. The molecule has 232 valence electrons. The van der Waals surface area contributed by atoms with Crippen molar-refractivity contribution in [3.8, 4) is 5.75 Å². The quantitative estimate of drug-likeness (QED) is 0.148. The maximum atomic E-state index is 11.6. The molecule has 42 heavy (non-hydrogen) atoms. The van der Waals surface area contributed by atoms with E-state index in [-0.39, 0.29) is 5.41 Å². The molecule has 4 rings (SSSR count). The van der Waals surface area contributed by atoms with Crippen LogP contribution in [0.2, 0.25) is 0 Å². The number of anilines is 1. The number of ether oxygens (including phenoxy) is 1. The molecule has 0 fully saturated rings. The van der Waals surface area contributed by atoms with Crippen molar-refractivity contribution in [1.29, 1.82) is 0 Å². The Morgan fingerprint density at radius 3 is 2.57 bits per heavy atom. The van der Waals surface area contributed by atoms with Crippen molar-refractivity contribution in [1.82, 2.24) is 0 Å². The smallest absolute Gasteiger partial charge is 0.150 e. The average Bonchev–Trinajstić information content (AvgIpc) is 3.17. The third kappa shape index (κ3) is 9.75. The molecule has 2 aliphatic rings. The molecule has 0 radical (unpaired) electrons. The summed E-state index contributed by atoms with van der Waals surface area (Å²) < 4.78 is 6.51. The Bertz CT molecular complexity index is 1120. The first kappa shape index (κ1) is 35.7. The van der Waals surface area contributed by atoms with Gasteiger partial charge in [0.25, 0.3) is 0 Å². The van der Waals surface area contributed by atoms with Crippen LogP contribution in [0.25, 0.3) is 0 Å². The third-order valence-corrected chi connectivity index (χ3v) is 9.25. The first-order valence-corrected chi connectivity index (χ1v) is 16.7. The molecule has 1 aliphatic heterocycles. The first-order valence-electron chi connectivity index (χ1n) is 15.6. The van der Waals surface area contributed by atoms with Gasteiger partial charge in [-0.3, -0.25) is 9.93 Å². The number of hydrogen-bond donors (Lipinski definition) is 2. The molecule has 0 bridgehead atoms. The molecule has 0 amide bonds. The van der Waals surface area contributed by atoms with Crippen molar-refractivity contribution in [2.24, 2.45) is 22.7 Å². The number of carbonyl (C=O) groups is 1. The highest BCUT2D eigenvalue weighted by atomic mass is 32.2. The van der Waals surface area contributed by atoms with Gasteiger partial charge in [-0.1, -0.05) is 69.5 Å². The van der Waals surface area contributed by atoms with E-state index in [0.717, 1.165) is 81.5 Å². The highest BCUT2D eigenvalue weighted by Crippen LogP contribution is 2.44. The Balaban J connectivity index is 0.000000535. The average molecular weight is 594 g/mol. The maximum Gasteiger partial charge on any atom is 0.150 e. The summed E-state index contributed by atoms with van der Waals surface area (Å²) in [5, 5.41) is 5.24. The lowest BCUT2D eigenvalue weighted by Crippen LogP contribution is -2.47. The minimum Gasteiger partial charge on any atom is -0.490 e. The topological polar surface area (TPSA) is 81.6 Å². The Kier molecular flexibility index (Phi) is 16.0. The lowest BCUT2D eigenvalue weighted by Gasteiger charge is -2.41. The summed E-state index contributed by atoms with van der Waals surface area (Å²) in [7, 11) is 1.50. The van der Waals surface area contributed by atoms with Gasteiger partial charge in [-0.25, -0.2) is 0 Å². The van der Waals surface area contributed by atoms with Crippen molar-refractivity contribution in [2.45, 2.75) is 77.6 Å². The van der Waals surface area contributed by atoms with Crippen molar-refractivity contribution in [3.05, 3.63) is 84.0 Å². The summed E-state index contributed by atoms with van der Waals surface area (Å²) in [6, 6.07) is 13.0. The summed E-state index contributed by atoms with van der Waals surface area (Å²) in [6.45, 7) is 16.8. The van der Waals surface area contributed by atoms with Crippen LogP contribution in [0.4, 0.5) is 5.69 Å². The minimum absolute atomic E-state index is 0.0169. The molecule has 1 spiro atoms. The Morgan fingerprint density at radius 2 is 1.93 bits per heavy atom. The van der Waals surface area contributed by atoms with Crippen LogP contribution in [0.3, 0.4) is 0 Å². The summed E-state index contributed by atoms with van der Waals surface area (Å²) in [5.41, 5.74) is 10.6. The van der Waals surface area contributed by atoms with Gasteiger partial charge < -0.3 is 15.4 Å². The van der Waals surface area contributed by atoms with Crippen LogP contribution >= 0.6 is 11.9 Å². The maximum absolute atomic E-state index is 11.6. The lowest BCUT2D eigenvalue weighted by molar-refractivity contribution is 0.112. The van der Waals surface area contributed by atoms with Gasteiger partial charge in [-0.2, -0.15) is 0 Å². The number of benzene rings is 2.